The molecule has 1 amide bonds. The smallest absolute Gasteiger partial charge is 0.246 e. The summed E-state index contributed by atoms with van der Waals surface area (Å²) in [6.45, 7) is 7.34. The number of rotatable bonds is 2. The molecule has 0 radical (unpaired) electrons. The van der Waals surface area contributed by atoms with Gasteiger partial charge in [-0.15, -0.1) is 0 Å². The number of fused-ring (bicyclic) bond motifs is 1. The molecule has 21 heavy (non-hydrogen) atoms. The number of nitrogens with one attached hydrogen (secondary N) is 1. The van der Waals surface area contributed by atoms with Crippen molar-refractivity contribution in [2.45, 2.75) is 27.3 Å². The molecule has 0 atom stereocenters. The maximum atomic E-state index is 12.3. The molecule has 3 heteroatoms. The molecule has 0 aliphatic carbocycles. The van der Waals surface area contributed by atoms with Crippen molar-refractivity contribution in [1.29, 1.82) is 0 Å². The quantitative estimate of drug-likeness (QED) is 0.912. The third kappa shape index (κ3) is 2.51. The average molecular weight is 280 g/mol. The lowest BCUT2D eigenvalue weighted by atomic mass is 9.99. The zero-order chi connectivity index (χ0) is 15.0. The Morgan fingerprint density at radius 1 is 1.10 bits per heavy atom. The highest BCUT2D eigenvalue weighted by Crippen LogP contribution is 2.31. The van der Waals surface area contributed by atoms with Gasteiger partial charge in [0.05, 0.1) is 24.5 Å². The molecule has 2 aromatic carbocycles. The van der Waals surface area contributed by atoms with E-state index in [1.165, 1.54) is 22.3 Å². The first-order chi connectivity index (χ1) is 10.1. The van der Waals surface area contributed by atoms with Crippen LogP contribution in [0.1, 0.15) is 22.3 Å². The highest BCUT2D eigenvalue weighted by atomic mass is 16.2. The van der Waals surface area contributed by atoms with E-state index >= 15 is 0 Å². The number of amides is 1. The molecule has 0 unspecified atom stereocenters. The van der Waals surface area contributed by atoms with Crippen LogP contribution in [0.2, 0.25) is 0 Å². The number of nitrogens with zero attached hydrogens (tertiary/aromatic N) is 1. The molecular formula is C18H20N2O. The van der Waals surface area contributed by atoms with Crippen LogP contribution in [-0.2, 0) is 11.3 Å². The Morgan fingerprint density at radius 2 is 1.76 bits per heavy atom. The fraction of sp³-hybridized carbons (Fsp3) is 0.278. The molecule has 0 fully saturated rings. The first-order valence-corrected chi connectivity index (χ1v) is 7.26. The number of carbonyl (C=O) groups excluding carboxylic acids is 1. The molecule has 3 rings (SSSR count). The average Bonchev–Trinajstić information content (AvgIpc) is 2.44. The maximum Gasteiger partial charge on any atom is 0.246 e. The normalized spacial score (nSPS) is 13.9. The van der Waals surface area contributed by atoms with Crippen LogP contribution in [0.15, 0.2) is 36.4 Å². The summed E-state index contributed by atoms with van der Waals surface area (Å²) in [5, 5.41) is 3.18. The van der Waals surface area contributed by atoms with E-state index in [1.807, 2.05) is 29.2 Å². The fourth-order valence-corrected chi connectivity index (χ4v) is 3.05. The lowest BCUT2D eigenvalue weighted by Crippen LogP contribution is -2.39. The van der Waals surface area contributed by atoms with Crippen molar-refractivity contribution in [2.75, 3.05) is 16.8 Å². The molecule has 2 aromatic rings. The molecular weight excluding hydrogens is 260 g/mol. The minimum absolute atomic E-state index is 0.119. The number of aryl methyl sites for hydroxylation is 3. The SMILES string of the molecule is Cc1cc(C)c(CN2C(=O)CNc3ccccc32)c(C)c1. The molecule has 0 aromatic heterocycles. The van der Waals surface area contributed by atoms with Gasteiger partial charge < -0.3 is 10.2 Å². The molecule has 0 bridgehead atoms. The Morgan fingerprint density at radius 3 is 2.48 bits per heavy atom. The molecule has 1 N–H and O–H groups in total. The van der Waals surface area contributed by atoms with Gasteiger partial charge >= 0.3 is 0 Å². The largest absolute Gasteiger partial charge is 0.374 e. The third-order valence-corrected chi connectivity index (χ3v) is 4.08. The summed E-state index contributed by atoms with van der Waals surface area (Å²) in [7, 11) is 0. The number of hydrogen-bond donors (Lipinski definition) is 1. The van der Waals surface area contributed by atoms with Crippen molar-refractivity contribution in [3.8, 4) is 0 Å². The van der Waals surface area contributed by atoms with Crippen molar-refractivity contribution < 1.29 is 4.79 Å². The van der Waals surface area contributed by atoms with E-state index in [-0.39, 0.29) is 5.91 Å². The van der Waals surface area contributed by atoms with E-state index in [2.05, 4.69) is 38.2 Å². The summed E-state index contributed by atoms with van der Waals surface area (Å²) >= 11 is 0. The lowest BCUT2D eigenvalue weighted by Gasteiger charge is -2.31. The predicted octanol–water partition coefficient (Wildman–Crippen LogP) is 3.57. The Kier molecular flexibility index (Phi) is 3.42. The minimum atomic E-state index is 0.119. The van der Waals surface area contributed by atoms with Crippen molar-refractivity contribution in [1.82, 2.24) is 0 Å². The fourth-order valence-electron chi connectivity index (χ4n) is 3.05. The summed E-state index contributed by atoms with van der Waals surface area (Å²) < 4.78 is 0. The third-order valence-electron chi connectivity index (χ3n) is 4.08. The van der Waals surface area contributed by atoms with Gasteiger partial charge in [0.1, 0.15) is 0 Å². The number of hydrogen-bond acceptors (Lipinski definition) is 2. The minimum Gasteiger partial charge on any atom is -0.374 e. The second kappa shape index (κ2) is 5.24. The van der Waals surface area contributed by atoms with E-state index in [0.717, 1.165) is 11.4 Å². The van der Waals surface area contributed by atoms with Gasteiger partial charge in [-0.3, -0.25) is 4.79 Å². The highest BCUT2D eigenvalue weighted by Gasteiger charge is 2.24. The first kappa shape index (κ1) is 13.7. The van der Waals surface area contributed by atoms with Crippen LogP contribution < -0.4 is 10.2 Å². The van der Waals surface area contributed by atoms with Crippen molar-refractivity contribution in [2.24, 2.45) is 0 Å². The Bertz CT molecular complexity index is 683. The van der Waals surface area contributed by atoms with E-state index in [9.17, 15) is 4.79 Å². The van der Waals surface area contributed by atoms with Crippen molar-refractivity contribution >= 4 is 17.3 Å². The molecule has 0 saturated carbocycles. The number of carbonyl (C=O) groups is 1. The monoisotopic (exact) mass is 280 g/mol. The second-order valence-electron chi connectivity index (χ2n) is 5.73. The number of anilines is 2. The molecule has 3 nitrogen and oxygen atoms in total. The zero-order valence-electron chi connectivity index (χ0n) is 12.7. The van der Waals surface area contributed by atoms with Gasteiger partial charge in [-0.25, -0.2) is 0 Å². The van der Waals surface area contributed by atoms with E-state index in [0.29, 0.717) is 13.1 Å². The topological polar surface area (TPSA) is 32.3 Å². The standard InChI is InChI=1S/C18H20N2O/c1-12-8-13(2)15(14(3)9-12)11-20-17-7-5-4-6-16(17)19-10-18(20)21/h4-9,19H,10-11H2,1-3H3. The zero-order valence-corrected chi connectivity index (χ0v) is 12.7. The predicted molar refractivity (Wildman–Crippen MR) is 86.8 cm³/mol. The molecule has 0 spiro atoms. The van der Waals surface area contributed by atoms with E-state index in [4.69, 9.17) is 0 Å². The molecule has 108 valence electrons. The van der Waals surface area contributed by atoms with Gasteiger partial charge in [-0.1, -0.05) is 29.8 Å². The number of benzene rings is 2. The van der Waals surface area contributed by atoms with Crippen LogP contribution in [0, 0.1) is 20.8 Å². The van der Waals surface area contributed by atoms with Crippen LogP contribution in [0.3, 0.4) is 0 Å². The Hall–Kier alpha value is -2.29. The molecule has 1 aliphatic rings. The highest BCUT2D eigenvalue weighted by molar-refractivity contribution is 6.02. The summed E-state index contributed by atoms with van der Waals surface area (Å²) in [5.41, 5.74) is 6.99. The van der Waals surface area contributed by atoms with Gasteiger partial charge in [-0.2, -0.15) is 0 Å². The molecule has 1 aliphatic heterocycles. The molecule has 0 saturated heterocycles. The van der Waals surface area contributed by atoms with Crippen LogP contribution in [0.5, 0.6) is 0 Å². The summed E-state index contributed by atoms with van der Waals surface area (Å²) in [4.78, 5) is 14.2. The van der Waals surface area contributed by atoms with Gasteiger partial charge in [-0.05, 0) is 49.6 Å². The Balaban J connectivity index is 2.00. The van der Waals surface area contributed by atoms with Gasteiger partial charge in [0.2, 0.25) is 5.91 Å². The maximum absolute atomic E-state index is 12.3. The summed E-state index contributed by atoms with van der Waals surface area (Å²) in [6.07, 6.45) is 0. The van der Waals surface area contributed by atoms with Crippen LogP contribution >= 0.6 is 0 Å². The lowest BCUT2D eigenvalue weighted by molar-refractivity contribution is -0.117. The van der Waals surface area contributed by atoms with E-state index < -0.39 is 0 Å². The van der Waals surface area contributed by atoms with Gasteiger partial charge in [0, 0.05) is 0 Å². The summed E-state index contributed by atoms with van der Waals surface area (Å²) in [5.74, 6) is 0.119. The van der Waals surface area contributed by atoms with Crippen LogP contribution in [0.25, 0.3) is 0 Å². The van der Waals surface area contributed by atoms with Gasteiger partial charge in [0.25, 0.3) is 0 Å². The second-order valence-corrected chi connectivity index (χ2v) is 5.73. The Labute approximate surface area is 125 Å². The van der Waals surface area contributed by atoms with Crippen LogP contribution in [0.4, 0.5) is 11.4 Å². The number of para-hydroxylation sites is 2. The van der Waals surface area contributed by atoms with Crippen molar-refractivity contribution in [3.05, 3.63) is 58.7 Å². The first-order valence-electron chi connectivity index (χ1n) is 7.26. The van der Waals surface area contributed by atoms with Gasteiger partial charge in [0.15, 0.2) is 0 Å². The summed E-state index contributed by atoms with van der Waals surface area (Å²) in [6, 6.07) is 12.3. The molecule has 1 heterocycles. The van der Waals surface area contributed by atoms with Crippen molar-refractivity contribution in [3.63, 3.8) is 0 Å². The van der Waals surface area contributed by atoms with E-state index in [1.54, 1.807) is 0 Å². The van der Waals surface area contributed by atoms with Crippen LogP contribution in [-0.4, -0.2) is 12.5 Å².